The van der Waals surface area contributed by atoms with Crippen LogP contribution in [0.25, 0.3) is 0 Å². The molecule has 0 spiro atoms. The van der Waals surface area contributed by atoms with Crippen molar-refractivity contribution in [2.75, 3.05) is 0 Å². The van der Waals surface area contributed by atoms with Crippen molar-refractivity contribution < 1.29 is 4.79 Å². The predicted octanol–water partition coefficient (Wildman–Crippen LogP) is 0.716. The van der Waals surface area contributed by atoms with E-state index in [1.807, 2.05) is 6.92 Å². The first-order chi connectivity index (χ1) is 4.04. The van der Waals surface area contributed by atoms with Crippen molar-refractivity contribution in [2.45, 2.75) is 38.8 Å². The number of hydrogen-bond acceptors (Lipinski definition) is 2. The molecule has 2 heteroatoms. The van der Waals surface area contributed by atoms with Gasteiger partial charge < -0.3 is 5.32 Å². The Labute approximate surface area is 55.6 Å². The summed E-state index contributed by atoms with van der Waals surface area (Å²) < 4.78 is 0. The van der Waals surface area contributed by atoms with E-state index in [0.717, 1.165) is 6.42 Å². The Morgan fingerprint density at radius 2 is 2.22 bits per heavy atom. The third-order valence-corrected chi connectivity index (χ3v) is 2.06. The number of carbonyl (C=O) groups is 1. The van der Waals surface area contributed by atoms with Crippen LogP contribution in [0.5, 0.6) is 0 Å². The zero-order valence-corrected chi connectivity index (χ0v) is 6.19. The Morgan fingerprint density at radius 3 is 2.33 bits per heavy atom. The van der Waals surface area contributed by atoms with Crippen LogP contribution in [0.2, 0.25) is 0 Å². The van der Waals surface area contributed by atoms with Crippen LogP contribution in [0.3, 0.4) is 0 Å². The van der Waals surface area contributed by atoms with Gasteiger partial charge in [0.1, 0.15) is 5.78 Å². The highest BCUT2D eigenvalue weighted by molar-refractivity contribution is 5.86. The van der Waals surface area contributed by atoms with Crippen LogP contribution in [0.1, 0.15) is 27.2 Å². The lowest BCUT2D eigenvalue weighted by Crippen LogP contribution is -2.64. The van der Waals surface area contributed by atoms with Crippen molar-refractivity contribution in [1.82, 2.24) is 5.32 Å². The third kappa shape index (κ3) is 0.990. The van der Waals surface area contributed by atoms with E-state index in [9.17, 15) is 4.79 Å². The Kier molecular flexibility index (Phi) is 1.35. The third-order valence-electron chi connectivity index (χ3n) is 2.06. The number of carbonyl (C=O) groups excluding carboxylic acids is 1. The van der Waals surface area contributed by atoms with Crippen LogP contribution in [-0.4, -0.2) is 17.4 Å². The highest BCUT2D eigenvalue weighted by Gasteiger charge is 2.40. The summed E-state index contributed by atoms with van der Waals surface area (Å²) in [7, 11) is 0. The molecule has 0 aromatic heterocycles. The van der Waals surface area contributed by atoms with E-state index in [0.29, 0.717) is 6.04 Å². The molecule has 0 aromatic rings. The molecular weight excluding hydrogens is 114 g/mol. The second-order valence-corrected chi connectivity index (χ2v) is 3.14. The molecule has 1 saturated heterocycles. The van der Waals surface area contributed by atoms with Crippen molar-refractivity contribution in [3.8, 4) is 0 Å². The van der Waals surface area contributed by atoms with Crippen LogP contribution in [0.4, 0.5) is 0 Å². The number of nitrogens with one attached hydrogen (secondary N) is 1. The largest absolute Gasteiger partial charge is 0.303 e. The van der Waals surface area contributed by atoms with E-state index in [4.69, 9.17) is 0 Å². The first-order valence-electron chi connectivity index (χ1n) is 3.33. The summed E-state index contributed by atoms with van der Waals surface area (Å²) in [5.41, 5.74) is -0.195. The first-order valence-corrected chi connectivity index (χ1v) is 3.33. The van der Waals surface area contributed by atoms with Crippen molar-refractivity contribution >= 4 is 5.78 Å². The summed E-state index contributed by atoms with van der Waals surface area (Å²) in [6.45, 7) is 5.68. The van der Waals surface area contributed by atoms with Gasteiger partial charge in [-0.1, -0.05) is 0 Å². The Bertz CT molecular complexity index is 136. The van der Waals surface area contributed by atoms with Gasteiger partial charge >= 0.3 is 0 Å². The van der Waals surface area contributed by atoms with E-state index < -0.39 is 0 Å². The quantitative estimate of drug-likeness (QED) is 0.562. The minimum absolute atomic E-state index is 0.195. The fourth-order valence-electron chi connectivity index (χ4n) is 1.38. The summed E-state index contributed by atoms with van der Waals surface area (Å²) in [4.78, 5) is 10.8. The molecule has 1 N–H and O–H groups in total. The maximum absolute atomic E-state index is 10.8. The molecule has 1 rings (SSSR count). The molecule has 2 atom stereocenters. The minimum atomic E-state index is -0.195. The molecule has 0 bridgehead atoms. The van der Waals surface area contributed by atoms with Crippen molar-refractivity contribution in [2.24, 2.45) is 0 Å². The molecule has 1 aliphatic heterocycles. The lowest BCUT2D eigenvalue weighted by molar-refractivity contribution is -0.126. The number of Topliss-reactive ketones (excluding diaryl/α,β-unsaturated/α-hetero) is 1. The smallest absolute Gasteiger partial charge is 0.149 e. The zero-order chi connectivity index (χ0) is 7.07. The summed E-state index contributed by atoms with van der Waals surface area (Å²) in [5.74, 6) is 0.251. The summed E-state index contributed by atoms with van der Waals surface area (Å²) >= 11 is 0. The van der Waals surface area contributed by atoms with Gasteiger partial charge in [-0.15, -0.1) is 0 Å². The minimum Gasteiger partial charge on any atom is -0.303 e. The zero-order valence-electron chi connectivity index (χ0n) is 6.19. The molecule has 2 nitrogen and oxygen atoms in total. The monoisotopic (exact) mass is 127 g/mol. The normalized spacial score (nSPS) is 41.9. The van der Waals surface area contributed by atoms with Gasteiger partial charge in [-0.25, -0.2) is 0 Å². The van der Waals surface area contributed by atoms with Crippen LogP contribution >= 0.6 is 0 Å². The molecule has 1 heterocycles. The van der Waals surface area contributed by atoms with E-state index >= 15 is 0 Å². The van der Waals surface area contributed by atoms with Crippen molar-refractivity contribution in [1.29, 1.82) is 0 Å². The van der Waals surface area contributed by atoms with Gasteiger partial charge in [0.05, 0.1) is 5.54 Å². The van der Waals surface area contributed by atoms with E-state index in [1.54, 1.807) is 6.92 Å². The van der Waals surface area contributed by atoms with E-state index in [2.05, 4.69) is 12.2 Å². The fourth-order valence-corrected chi connectivity index (χ4v) is 1.38. The predicted molar refractivity (Wildman–Crippen MR) is 36.3 cm³/mol. The average molecular weight is 127 g/mol. The van der Waals surface area contributed by atoms with Gasteiger partial charge in [0.15, 0.2) is 0 Å². The second-order valence-electron chi connectivity index (χ2n) is 3.14. The number of hydrogen-bond donors (Lipinski definition) is 1. The fraction of sp³-hybridized carbons (Fsp3) is 0.857. The molecule has 0 aromatic carbocycles. The Balaban J connectivity index is 2.50. The van der Waals surface area contributed by atoms with Gasteiger partial charge in [-0.05, 0) is 27.2 Å². The average Bonchev–Trinajstić information content (AvgIpc) is 1.62. The summed E-state index contributed by atoms with van der Waals surface area (Å²) in [6, 6.07) is 0.527. The molecule has 52 valence electrons. The number of ketones is 1. The van der Waals surface area contributed by atoms with Crippen LogP contribution < -0.4 is 5.32 Å². The molecule has 0 radical (unpaired) electrons. The second kappa shape index (κ2) is 1.81. The molecule has 0 aliphatic carbocycles. The topological polar surface area (TPSA) is 29.1 Å². The maximum atomic E-state index is 10.8. The molecule has 9 heavy (non-hydrogen) atoms. The van der Waals surface area contributed by atoms with Gasteiger partial charge in [-0.2, -0.15) is 0 Å². The molecule has 0 amide bonds. The summed E-state index contributed by atoms with van der Waals surface area (Å²) in [6.07, 6.45) is 0.988. The lowest BCUT2D eigenvalue weighted by Gasteiger charge is -2.43. The van der Waals surface area contributed by atoms with Gasteiger partial charge in [0, 0.05) is 6.04 Å². The Morgan fingerprint density at radius 1 is 1.78 bits per heavy atom. The van der Waals surface area contributed by atoms with E-state index in [1.165, 1.54) is 0 Å². The molecule has 2 unspecified atom stereocenters. The highest BCUT2D eigenvalue weighted by atomic mass is 16.1. The SMILES string of the molecule is CC(=O)C1(C)CC(C)N1. The standard InChI is InChI=1S/C7H13NO/c1-5-4-7(3,8-5)6(2)9/h5,8H,4H2,1-3H3. The Hall–Kier alpha value is -0.370. The van der Waals surface area contributed by atoms with Crippen LogP contribution in [0.15, 0.2) is 0 Å². The molecule has 1 aliphatic rings. The van der Waals surface area contributed by atoms with Crippen molar-refractivity contribution in [3.63, 3.8) is 0 Å². The molecule has 0 saturated carbocycles. The van der Waals surface area contributed by atoms with Crippen LogP contribution in [0, 0.1) is 0 Å². The number of rotatable bonds is 1. The van der Waals surface area contributed by atoms with E-state index in [-0.39, 0.29) is 11.3 Å². The van der Waals surface area contributed by atoms with Crippen molar-refractivity contribution in [3.05, 3.63) is 0 Å². The van der Waals surface area contributed by atoms with Gasteiger partial charge in [0.25, 0.3) is 0 Å². The van der Waals surface area contributed by atoms with Gasteiger partial charge in [0.2, 0.25) is 0 Å². The molecular formula is C7H13NO. The first kappa shape index (κ1) is 6.75. The molecule has 1 fully saturated rings. The lowest BCUT2D eigenvalue weighted by atomic mass is 9.81. The van der Waals surface area contributed by atoms with Gasteiger partial charge in [-0.3, -0.25) is 4.79 Å². The highest BCUT2D eigenvalue weighted by Crippen LogP contribution is 2.24. The maximum Gasteiger partial charge on any atom is 0.149 e. The summed E-state index contributed by atoms with van der Waals surface area (Å²) in [5, 5.41) is 3.17. The van der Waals surface area contributed by atoms with Crippen LogP contribution in [-0.2, 0) is 4.79 Å².